The summed E-state index contributed by atoms with van der Waals surface area (Å²) in [6.45, 7) is 8.12. The number of halogens is 1. The lowest BCUT2D eigenvalue weighted by Gasteiger charge is -2.20. The van der Waals surface area contributed by atoms with Gasteiger partial charge in [0.1, 0.15) is 11.9 Å². The van der Waals surface area contributed by atoms with Crippen molar-refractivity contribution in [1.29, 1.82) is 0 Å². The van der Waals surface area contributed by atoms with Crippen LogP contribution in [0.2, 0.25) is 0 Å². The summed E-state index contributed by atoms with van der Waals surface area (Å²) >= 11 is 0. The number of quaternary nitrogens is 1. The molecule has 29 heavy (non-hydrogen) atoms. The van der Waals surface area contributed by atoms with E-state index in [9.17, 15) is 17.6 Å². The Balaban J connectivity index is 2.04. The number of carbonyl (C=O) groups is 1. The van der Waals surface area contributed by atoms with Crippen LogP contribution < -0.4 is 10.6 Å². The Bertz CT molecular complexity index is 928. The number of anilines is 1. The van der Waals surface area contributed by atoms with E-state index >= 15 is 0 Å². The molecule has 0 saturated carbocycles. The third kappa shape index (κ3) is 5.62. The summed E-state index contributed by atoms with van der Waals surface area (Å²) in [6, 6.07) is 12.2. The van der Waals surface area contributed by atoms with Crippen molar-refractivity contribution in [2.75, 3.05) is 18.4 Å². The number of amides is 1. The number of carbonyl (C=O) groups excluding carboxylic acids is 1. The van der Waals surface area contributed by atoms with Gasteiger partial charge in [0.25, 0.3) is 5.91 Å². The molecule has 0 bridgehead atoms. The van der Waals surface area contributed by atoms with E-state index in [2.05, 4.69) is 5.32 Å². The molecule has 0 radical (unpaired) electrons. The van der Waals surface area contributed by atoms with Gasteiger partial charge in [-0.1, -0.05) is 38.1 Å². The van der Waals surface area contributed by atoms with Gasteiger partial charge < -0.3 is 10.6 Å². The lowest BCUT2D eigenvalue weighted by atomic mass is 10.1. The molecule has 0 aliphatic heterocycles. The molecule has 0 fully saturated rings. The van der Waals surface area contributed by atoms with Crippen molar-refractivity contribution >= 4 is 21.6 Å². The zero-order valence-electron chi connectivity index (χ0n) is 17.2. The Morgan fingerprint density at radius 3 is 2.21 bits per heavy atom. The first-order valence-corrected chi connectivity index (χ1v) is 11.1. The van der Waals surface area contributed by atoms with Crippen LogP contribution in [0.5, 0.6) is 0 Å². The van der Waals surface area contributed by atoms with Gasteiger partial charge >= 0.3 is 0 Å². The molecule has 0 aromatic heterocycles. The van der Waals surface area contributed by atoms with Gasteiger partial charge in [0.15, 0.2) is 6.04 Å². The second-order valence-corrected chi connectivity index (χ2v) is 8.84. The third-order valence-corrected chi connectivity index (χ3v) is 6.94. The van der Waals surface area contributed by atoms with Crippen molar-refractivity contribution in [2.45, 2.75) is 44.7 Å². The fraction of sp³-hybridized carbons (Fsp3) is 0.381. The van der Waals surface area contributed by atoms with Crippen molar-refractivity contribution in [3.8, 4) is 0 Å². The van der Waals surface area contributed by atoms with Crippen LogP contribution in [0.3, 0.4) is 0 Å². The molecular weight excluding hydrogens is 393 g/mol. The smallest absolute Gasteiger partial charge is 0.282 e. The molecule has 2 rings (SSSR count). The van der Waals surface area contributed by atoms with Gasteiger partial charge in [0, 0.05) is 18.7 Å². The minimum atomic E-state index is -3.50. The summed E-state index contributed by atoms with van der Waals surface area (Å²) in [4.78, 5) is 12.6. The second kappa shape index (κ2) is 9.96. The first-order chi connectivity index (χ1) is 13.7. The Morgan fingerprint density at radius 2 is 1.66 bits per heavy atom. The molecule has 2 aromatic rings. The lowest BCUT2D eigenvalue weighted by molar-refractivity contribution is -0.709. The zero-order valence-corrected chi connectivity index (χ0v) is 18.0. The monoisotopic (exact) mass is 422 g/mol. The summed E-state index contributed by atoms with van der Waals surface area (Å²) < 4.78 is 40.3. The molecule has 3 N–H and O–H groups in total. The number of benzene rings is 2. The highest BCUT2D eigenvalue weighted by molar-refractivity contribution is 7.89. The Morgan fingerprint density at radius 1 is 1.07 bits per heavy atom. The lowest BCUT2D eigenvalue weighted by Crippen LogP contribution is -2.91. The van der Waals surface area contributed by atoms with Crippen LogP contribution in [0.25, 0.3) is 0 Å². The Hall–Kier alpha value is -2.29. The van der Waals surface area contributed by atoms with E-state index in [0.717, 1.165) is 5.56 Å². The summed E-state index contributed by atoms with van der Waals surface area (Å²) in [7, 11) is -3.50. The van der Waals surface area contributed by atoms with E-state index in [0.29, 0.717) is 13.1 Å². The van der Waals surface area contributed by atoms with Crippen LogP contribution in [-0.2, 0) is 14.8 Å². The van der Waals surface area contributed by atoms with Gasteiger partial charge in [-0.25, -0.2) is 12.8 Å². The topological polar surface area (TPSA) is 83.1 Å². The molecule has 2 aromatic carbocycles. The fourth-order valence-electron chi connectivity index (χ4n) is 3.10. The predicted octanol–water partition coefficient (Wildman–Crippen LogP) is 2.51. The van der Waals surface area contributed by atoms with E-state index < -0.39 is 21.9 Å². The Kier molecular flexibility index (Phi) is 7.89. The summed E-state index contributed by atoms with van der Waals surface area (Å²) in [5.74, 6) is -0.784. The van der Waals surface area contributed by atoms with Gasteiger partial charge in [-0.3, -0.25) is 4.79 Å². The maximum absolute atomic E-state index is 13.7. The van der Waals surface area contributed by atoms with Crippen LogP contribution in [0.15, 0.2) is 53.4 Å². The summed E-state index contributed by atoms with van der Waals surface area (Å²) in [5, 5.41) is 4.44. The zero-order chi connectivity index (χ0) is 21.6. The maximum atomic E-state index is 13.7. The van der Waals surface area contributed by atoms with Crippen LogP contribution in [0.4, 0.5) is 10.1 Å². The molecule has 0 saturated heterocycles. The second-order valence-electron chi connectivity index (χ2n) is 6.90. The number of sulfonamides is 1. The average Bonchev–Trinajstić information content (AvgIpc) is 2.70. The third-order valence-electron chi connectivity index (χ3n) is 4.87. The molecule has 8 heteroatoms. The van der Waals surface area contributed by atoms with Crippen molar-refractivity contribution in [1.82, 2.24) is 4.31 Å². The first kappa shape index (κ1) is 23.0. The highest BCUT2D eigenvalue weighted by Gasteiger charge is 2.24. The standard InChI is InChI=1S/C21H28FN3O3S/c1-5-25(6-2)29(27,28)18-13-11-17(12-14-18)15(3)23-16(4)21(26)24-20-10-8-7-9-19(20)22/h7-16,23H,5-6H2,1-4H3,(H,24,26)/p+1/t15-,16+/m1/s1. The van der Waals surface area contributed by atoms with E-state index in [1.54, 1.807) is 57.2 Å². The number of para-hydroxylation sites is 1. The number of nitrogens with one attached hydrogen (secondary N) is 1. The number of hydrogen-bond donors (Lipinski definition) is 2. The molecule has 0 spiro atoms. The number of nitrogens with two attached hydrogens (primary N) is 1. The molecule has 0 heterocycles. The van der Waals surface area contributed by atoms with Crippen LogP contribution in [-0.4, -0.2) is 37.8 Å². The predicted molar refractivity (Wildman–Crippen MR) is 111 cm³/mol. The van der Waals surface area contributed by atoms with E-state index in [1.807, 2.05) is 12.2 Å². The summed E-state index contributed by atoms with van der Waals surface area (Å²) in [6.07, 6.45) is 0. The highest BCUT2D eigenvalue weighted by Crippen LogP contribution is 2.18. The molecule has 6 nitrogen and oxygen atoms in total. The fourth-order valence-corrected chi connectivity index (χ4v) is 4.55. The highest BCUT2D eigenvalue weighted by atomic mass is 32.2. The van der Waals surface area contributed by atoms with Crippen LogP contribution >= 0.6 is 0 Å². The molecule has 0 unspecified atom stereocenters. The number of rotatable bonds is 9. The maximum Gasteiger partial charge on any atom is 0.282 e. The molecule has 0 aliphatic carbocycles. The molecular formula is C21H29FN3O3S+. The Labute approximate surface area is 172 Å². The van der Waals surface area contributed by atoms with Crippen molar-refractivity contribution < 1.29 is 22.9 Å². The molecule has 0 aliphatic rings. The quantitative estimate of drug-likeness (QED) is 0.651. The molecule has 2 atom stereocenters. The number of nitrogens with zero attached hydrogens (tertiary/aromatic N) is 1. The van der Waals surface area contributed by atoms with Gasteiger partial charge in [0.2, 0.25) is 10.0 Å². The van der Waals surface area contributed by atoms with E-state index in [1.165, 1.54) is 16.4 Å². The SMILES string of the molecule is CCN(CC)S(=O)(=O)c1ccc([C@@H](C)[NH2+][C@@H](C)C(=O)Nc2ccccc2F)cc1. The van der Waals surface area contributed by atoms with Crippen LogP contribution in [0, 0.1) is 5.82 Å². The van der Waals surface area contributed by atoms with Gasteiger partial charge in [-0.05, 0) is 38.1 Å². The van der Waals surface area contributed by atoms with Crippen LogP contribution in [0.1, 0.15) is 39.3 Å². The van der Waals surface area contributed by atoms with E-state index in [-0.39, 0.29) is 22.5 Å². The van der Waals surface area contributed by atoms with Gasteiger partial charge in [-0.2, -0.15) is 4.31 Å². The van der Waals surface area contributed by atoms with Crippen molar-refractivity contribution in [2.24, 2.45) is 0 Å². The molecule has 158 valence electrons. The minimum absolute atomic E-state index is 0.0819. The first-order valence-electron chi connectivity index (χ1n) is 9.71. The average molecular weight is 423 g/mol. The number of hydrogen-bond acceptors (Lipinski definition) is 3. The van der Waals surface area contributed by atoms with Crippen molar-refractivity contribution in [3.63, 3.8) is 0 Å². The van der Waals surface area contributed by atoms with Gasteiger partial charge in [0.05, 0.1) is 10.6 Å². The van der Waals surface area contributed by atoms with E-state index in [4.69, 9.17) is 0 Å². The largest absolute Gasteiger partial charge is 0.330 e. The van der Waals surface area contributed by atoms with Crippen molar-refractivity contribution in [3.05, 3.63) is 59.9 Å². The molecule has 1 amide bonds. The summed E-state index contributed by atoms with van der Waals surface area (Å²) in [5.41, 5.74) is 1.05. The normalized spacial score (nSPS) is 13.9. The minimum Gasteiger partial charge on any atom is -0.330 e. The van der Waals surface area contributed by atoms with Gasteiger partial charge in [-0.15, -0.1) is 0 Å².